The minimum atomic E-state index is -0.745. The molecule has 1 heterocycles. The quantitative estimate of drug-likeness (QED) is 0.408. The molecule has 8 heteroatoms. The van der Waals surface area contributed by atoms with E-state index in [4.69, 9.17) is 5.73 Å². The molecule has 0 bridgehead atoms. The Hall–Kier alpha value is -2.51. The fourth-order valence-corrected chi connectivity index (χ4v) is 1.04. The van der Waals surface area contributed by atoms with E-state index >= 15 is 0 Å². The summed E-state index contributed by atoms with van der Waals surface area (Å²) in [6.07, 6.45) is 1.22. The number of aromatic nitrogens is 2. The maximum absolute atomic E-state index is 11.1. The number of ketones is 1. The third-order valence-electron chi connectivity index (χ3n) is 1.79. The summed E-state index contributed by atoms with van der Waals surface area (Å²) in [5, 5.41) is 16.3. The number of nitrogens with zero attached hydrogens (tertiary/aromatic N) is 3. The standard InChI is InChI=1S/C9H11N5O3/c1-4(15)6(5(2)16)13-14-9-7(8(10)17)11-3-12-9/h3,15H,1-2H3,(H2,10,17)(H,11,12). The highest BCUT2D eigenvalue weighted by atomic mass is 16.3. The molecule has 0 aliphatic rings. The van der Waals surface area contributed by atoms with Gasteiger partial charge in [-0.25, -0.2) is 4.98 Å². The second kappa shape index (κ2) is 5.01. The molecule has 0 saturated carbocycles. The van der Waals surface area contributed by atoms with Crippen molar-refractivity contribution in [1.82, 2.24) is 9.97 Å². The van der Waals surface area contributed by atoms with Crippen LogP contribution in [-0.2, 0) is 4.79 Å². The number of nitrogens with two attached hydrogens (primary N) is 1. The lowest BCUT2D eigenvalue weighted by Gasteiger charge is -1.96. The number of azo groups is 1. The molecule has 0 aliphatic carbocycles. The molecule has 0 unspecified atom stereocenters. The number of aliphatic hydroxyl groups is 1. The molecule has 1 aromatic rings. The summed E-state index contributed by atoms with van der Waals surface area (Å²) in [7, 11) is 0. The van der Waals surface area contributed by atoms with E-state index < -0.39 is 11.7 Å². The molecule has 0 saturated heterocycles. The largest absolute Gasteiger partial charge is 0.510 e. The van der Waals surface area contributed by atoms with Crippen LogP contribution in [-0.4, -0.2) is 26.8 Å². The van der Waals surface area contributed by atoms with Crippen molar-refractivity contribution in [3.8, 4) is 0 Å². The first-order valence-corrected chi connectivity index (χ1v) is 4.59. The van der Waals surface area contributed by atoms with E-state index in [1.54, 1.807) is 0 Å². The summed E-state index contributed by atoms with van der Waals surface area (Å²) < 4.78 is 0. The molecule has 17 heavy (non-hydrogen) atoms. The van der Waals surface area contributed by atoms with E-state index in [9.17, 15) is 14.7 Å². The van der Waals surface area contributed by atoms with Gasteiger partial charge in [0.15, 0.2) is 17.2 Å². The van der Waals surface area contributed by atoms with Crippen molar-refractivity contribution in [3.63, 3.8) is 0 Å². The molecule has 1 aromatic heterocycles. The molecular formula is C9H11N5O3. The van der Waals surface area contributed by atoms with E-state index in [2.05, 4.69) is 20.2 Å². The van der Waals surface area contributed by atoms with Crippen molar-refractivity contribution in [1.29, 1.82) is 0 Å². The lowest BCUT2D eigenvalue weighted by atomic mass is 10.3. The number of allylic oxidation sites excluding steroid dienone is 2. The summed E-state index contributed by atoms with van der Waals surface area (Å²) in [6, 6.07) is 0. The van der Waals surface area contributed by atoms with Crippen LogP contribution in [0.3, 0.4) is 0 Å². The minimum absolute atomic E-state index is 0.0211. The molecule has 0 atom stereocenters. The van der Waals surface area contributed by atoms with Gasteiger partial charge in [-0.05, 0) is 6.92 Å². The van der Waals surface area contributed by atoms with Gasteiger partial charge in [0.2, 0.25) is 5.82 Å². The van der Waals surface area contributed by atoms with E-state index in [1.807, 2.05) is 0 Å². The molecule has 0 fully saturated rings. The second-order valence-electron chi connectivity index (χ2n) is 3.16. The molecular weight excluding hydrogens is 226 g/mol. The highest BCUT2D eigenvalue weighted by molar-refractivity contribution is 5.95. The lowest BCUT2D eigenvalue weighted by molar-refractivity contribution is -0.113. The maximum Gasteiger partial charge on any atom is 0.269 e. The van der Waals surface area contributed by atoms with Crippen LogP contribution >= 0.6 is 0 Å². The number of Topliss-reactive ketones (excluding diaryl/α,β-unsaturated/α-hetero) is 1. The fraction of sp³-hybridized carbons (Fsp3) is 0.222. The SMILES string of the molecule is CC(=O)C(N=Nc1nc[nH]c1C(N)=O)=C(C)O. The van der Waals surface area contributed by atoms with Crippen LogP contribution in [0, 0.1) is 0 Å². The van der Waals surface area contributed by atoms with Crippen molar-refractivity contribution < 1.29 is 14.7 Å². The highest BCUT2D eigenvalue weighted by Crippen LogP contribution is 2.15. The number of primary amides is 1. The average Bonchev–Trinajstić information content (AvgIpc) is 2.64. The number of nitrogens with one attached hydrogen (secondary N) is 1. The number of carbonyl (C=O) groups excluding carboxylic acids is 2. The van der Waals surface area contributed by atoms with Gasteiger partial charge in [-0.2, -0.15) is 0 Å². The molecule has 4 N–H and O–H groups in total. The summed E-state index contributed by atoms with van der Waals surface area (Å²) in [5.41, 5.74) is 4.82. The molecule has 1 rings (SSSR count). The van der Waals surface area contributed by atoms with Gasteiger partial charge in [-0.3, -0.25) is 9.59 Å². The predicted octanol–water partition coefficient (Wildman–Crippen LogP) is 0.971. The Morgan fingerprint density at radius 1 is 1.47 bits per heavy atom. The molecule has 0 radical (unpaired) electrons. The first kappa shape index (κ1) is 12.6. The van der Waals surface area contributed by atoms with E-state index in [-0.39, 0.29) is 23.0 Å². The number of hydrogen-bond donors (Lipinski definition) is 3. The van der Waals surface area contributed by atoms with Crippen molar-refractivity contribution in [2.24, 2.45) is 16.0 Å². The van der Waals surface area contributed by atoms with Gasteiger partial charge >= 0.3 is 0 Å². The van der Waals surface area contributed by atoms with Crippen LogP contribution in [0.4, 0.5) is 5.82 Å². The highest BCUT2D eigenvalue weighted by Gasteiger charge is 2.12. The van der Waals surface area contributed by atoms with Gasteiger partial charge in [-0.15, -0.1) is 10.2 Å². The van der Waals surface area contributed by atoms with Crippen LogP contribution in [0.2, 0.25) is 0 Å². The zero-order valence-corrected chi connectivity index (χ0v) is 9.26. The first-order valence-electron chi connectivity index (χ1n) is 4.59. The number of aliphatic hydroxyl groups excluding tert-OH is 1. The number of carbonyl (C=O) groups is 2. The van der Waals surface area contributed by atoms with Crippen LogP contribution < -0.4 is 5.73 Å². The van der Waals surface area contributed by atoms with Gasteiger partial charge in [0.1, 0.15) is 5.76 Å². The Balaban J connectivity index is 3.06. The topological polar surface area (TPSA) is 134 Å². The smallest absolute Gasteiger partial charge is 0.269 e. The third kappa shape index (κ3) is 2.97. The maximum atomic E-state index is 11.1. The molecule has 1 amide bonds. The van der Waals surface area contributed by atoms with E-state index in [0.717, 1.165) is 0 Å². The first-order chi connectivity index (χ1) is 7.93. The summed E-state index contributed by atoms with van der Waals surface area (Å²) in [6.45, 7) is 2.53. The minimum Gasteiger partial charge on any atom is -0.510 e. The van der Waals surface area contributed by atoms with Crippen LogP contribution in [0.15, 0.2) is 28.0 Å². The van der Waals surface area contributed by atoms with E-state index in [0.29, 0.717) is 0 Å². The van der Waals surface area contributed by atoms with Crippen molar-refractivity contribution in [3.05, 3.63) is 23.5 Å². The predicted molar refractivity (Wildman–Crippen MR) is 57.6 cm³/mol. The molecule has 0 spiro atoms. The van der Waals surface area contributed by atoms with Crippen molar-refractivity contribution in [2.75, 3.05) is 0 Å². The molecule has 0 aromatic carbocycles. The third-order valence-corrected chi connectivity index (χ3v) is 1.79. The average molecular weight is 237 g/mol. The monoisotopic (exact) mass is 237 g/mol. The zero-order chi connectivity index (χ0) is 13.0. The number of hydrogen-bond acceptors (Lipinski definition) is 6. The Morgan fingerprint density at radius 3 is 2.59 bits per heavy atom. The van der Waals surface area contributed by atoms with Crippen LogP contribution in [0.1, 0.15) is 24.3 Å². The Morgan fingerprint density at radius 2 is 2.12 bits per heavy atom. The van der Waals surface area contributed by atoms with Crippen LogP contribution in [0.25, 0.3) is 0 Å². The summed E-state index contributed by atoms with van der Waals surface area (Å²) in [4.78, 5) is 28.2. The second-order valence-corrected chi connectivity index (χ2v) is 3.16. The number of imidazole rings is 1. The fourth-order valence-electron chi connectivity index (χ4n) is 1.04. The normalized spacial score (nSPS) is 12.6. The van der Waals surface area contributed by atoms with E-state index in [1.165, 1.54) is 20.2 Å². The Labute approximate surface area is 96.3 Å². The Bertz CT molecular complexity index is 510. The van der Waals surface area contributed by atoms with Crippen LogP contribution in [0.5, 0.6) is 0 Å². The molecule has 8 nitrogen and oxygen atoms in total. The molecule has 0 aliphatic heterocycles. The van der Waals surface area contributed by atoms with Gasteiger partial charge < -0.3 is 15.8 Å². The van der Waals surface area contributed by atoms with Gasteiger partial charge in [-0.1, -0.05) is 0 Å². The zero-order valence-electron chi connectivity index (χ0n) is 9.26. The lowest BCUT2D eigenvalue weighted by Crippen LogP contribution is -2.11. The van der Waals surface area contributed by atoms with Gasteiger partial charge in [0.25, 0.3) is 5.91 Å². The van der Waals surface area contributed by atoms with Crippen molar-refractivity contribution in [2.45, 2.75) is 13.8 Å². The van der Waals surface area contributed by atoms with Gasteiger partial charge in [0, 0.05) is 6.92 Å². The Kier molecular flexibility index (Phi) is 3.70. The van der Waals surface area contributed by atoms with Crippen molar-refractivity contribution >= 4 is 17.5 Å². The van der Waals surface area contributed by atoms with Gasteiger partial charge in [0.05, 0.1) is 6.33 Å². The number of aromatic amines is 1. The molecule has 90 valence electrons. The summed E-state index contributed by atoms with van der Waals surface area (Å²) in [5.74, 6) is -1.51. The number of H-pyrrole nitrogens is 1. The number of amides is 1. The number of rotatable bonds is 4. The summed E-state index contributed by atoms with van der Waals surface area (Å²) >= 11 is 0.